The highest BCUT2D eigenvalue weighted by atomic mass is 79.9. The lowest BCUT2D eigenvalue weighted by Crippen LogP contribution is -2.02. The van der Waals surface area contributed by atoms with Crippen LogP contribution in [-0.4, -0.2) is 10.2 Å². The number of rotatable bonds is 4. The molecule has 1 rings (SSSR count). The van der Waals surface area contributed by atoms with E-state index in [0.29, 0.717) is 4.83 Å². The number of alkyl halides is 2. The molecular weight excluding hydrogens is 315 g/mol. The molecule has 13 heavy (non-hydrogen) atoms. The van der Waals surface area contributed by atoms with Crippen LogP contribution in [0.15, 0.2) is 24.3 Å². The van der Waals surface area contributed by atoms with E-state index in [-0.39, 0.29) is 0 Å². The summed E-state index contributed by atoms with van der Waals surface area (Å²) in [5.41, 5.74) is 1.33. The predicted molar refractivity (Wildman–Crippen MR) is 66.3 cm³/mol. The van der Waals surface area contributed by atoms with Crippen LogP contribution in [0.1, 0.15) is 12.0 Å². The van der Waals surface area contributed by atoms with E-state index >= 15 is 0 Å². The third kappa shape index (κ3) is 4.48. The van der Waals surface area contributed by atoms with Crippen molar-refractivity contribution >= 4 is 43.5 Å². The minimum absolute atomic E-state index is 0.549. The fourth-order valence-electron chi connectivity index (χ4n) is 1.10. The highest BCUT2D eigenvalue weighted by Gasteiger charge is 2.03. The molecule has 72 valence electrons. The van der Waals surface area contributed by atoms with E-state index in [1.54, 1.807) is 0 Å². The highest BCUT2D eigenvalue weighted by molar-refractivity contribution is 9.10. The molecule has 0 radical (unpaired) electrons. The average Bonchev–Trinajstić information content (AvgIpc) is 2.09. The number of benzene rings is 1. The predicted octanol–water partition coefficient (Wildman–Crippen LogP) is 4.43. The molecule has 0 saturated carbocycles. The molecule has 3 heteroatoms. The molecule has 0 N–H and O–H groups in total. The van der Waals surface area contributed by atoms with Gasteiger partial charge in [0.2, 0.25) is 0 Å². The van der Waals surface area contributed by atoms with Crippen molar-refractivity contribution in [1.82, 2.24) is 0 Å². The van der Waals surface area contributed by atoms with E-state index in [1.165, 1.54) is 5.56 Å². The summed E-state index contributed by atoms with van der Waals surface area (Å²) in [5.74, 6) is 0. The molecule has 0 heterocycles. The van der Waals surface area contributed by atoms with E-state index in [0.717, 1.165) is 23.2 Å². The molecule has 0 aliphatic rings. The van der Waals surface area contributed by atoms with Gasteiger partial charge in [0.05, 0.1) is 0 Å². The second kappa shape index (κ2) is 6.05. The van der Waals surface area contributed by atoms with E-state index < -0.39 is 0 Å². The summed E-state index contributed by atoms with van der Waals surface area (Å²) in [6, 6.07) is 8.02. The van der Waals surface area contributed by atoms with Crippen LogP contribution in [0, 0.1) is 0 Å². The van der Waals surface area contributed by atoms with Gasteiger partial charge in [0.15, 0.2) is 0 Å². The SMILES string of the molecule is Clc1ccc(CC(Br)CCBr)cc1. The molecule has 0 bridgehead atoms. The van der Waals surface area contributed by atoms with Crippen molar-refractivity contribution < 1.29 is 0 Å². The first-order valence-corrected chi connectivity index (χ1v) is 6.58. The summed E-state index contributed by atoms with van der Waals surface area (Å²) in [5, 5.41) is 1.84. The van der Waals surface area contributed by atoms with Crippen molar-refractivity contribution in [1.29, 1.82) is 0 Å². The van der Waals surface area contributed by atoms with Crippen molar-refractivity contribution in [3.8, 4) is 0 Å². The molecule has 1 atom stereocenters. The van der Waals surface area contributed by atoms with Crippen LogP contribution in [0.2, 0.25) is 5.02 Å². The second-order valence-electron chi connectivity index (χ2n) is 2.91. The summed E-state index contributed by atoms with van der Waals surface area (Å²) in [4.78, 5) is 0.549. The topological polar surface area (TPSA) is 0 Å². The normalized spacial score (nSPS) is 12.8. The summed E-state index contributed by atoms with van der Waals surface area (Å²) in [6.07, 6.45) is 2.20. The Morgan fingerprint density at radius 1 is 1.23 bits per heavy atom. The van der Waals surface area contributed by atoms with Gasteiger partial charge in [-0.2, -0.15) is 0 Å². The first kappa shape index (κ1) is 11.5. The number of hydrogen-bond donors (Lipinski definition) is 0. The van der Waals surface area contributed by atoms with E-state index in [4.69, 9.17) is 11.6 Å². The van der Waals surface area contributed by atoms with Crippen LogP contribution in [0.3, 0.4) is 0 Å². The molecule has 0 fully saturated rings. The first-order valence-electron chi connectivity index (χ1n) is 4.17. The molecule has 1 aromatic rings. The standard InChI is InChI=1S/C10H11Br2Cl/c11-6-5-9(12)7-8-1-3-10(13)4-2-8/h1-4,9H,5-7H2. The fraction of sp³-hybridized carbons (Fsp3) is 0.400. The van der Waals surface area contributed by atoms with Gasteiger partial charge >= 0.3 is 0 Å². The Bertz CT molecular complexity index is 246. The first-order chi connectivity index (χ1) is 6.22. The zero-order valence-electron chi connectivity index (χ0n) is 7.14. The van der Waals surface area contributed by atoms with Crippen molar-refractivity contribution in [2.45, 2.75) is 17.7 Å². The Labute approximate surface area is 101 Å². The lowest BCUT2D eigenvalue weighted by atomic mass is 10.1. The van der Waals surface area contributed by atoms with Crippen LogP contribution in [0.25, 0.3) is 0 Å². The number of halogens is 3. The van der Waals surface area contributed by atoms with Crippen LogP contribution < -0.4 is 0 Å². The molecule has 0 aromatic heterocycles. The van der Waals surface area contributed by atoms with Gasteiger partial charge in [-0.3, -0.25) is 0 Å². The lowest BCUT2D eigenvalue weighted by molar-refractivity contribution is 0.841. The quantitative estimate of drug-likeness (QED) is 0.718. The van der Waals surface area contributed by atoms with Crippen LogP contribution in [0.4, 0.5) is 0 Å². The zero-order chi connectivity index (χ0) is 9.68. The minimum atomic E-state index is 0.549. The van der Waals surface area contributed by atoms with Gasteiger partial charge < -0.3 is 0 Å². The van der Waals surface area contributed by atoms with Gasteiger partial charge in [-0.05, 0) is 30.5 Å². The molecule has 1 aromatic carbocycles. The second-order valence-corrected chi connectivity index (χ2v) is 5.43. The smallest absolute Gasteiger partial charge is 0.0406 e. The van der Waals surface area contributed by atoms with Gasteiger partial charge in [-0.15, -0.1) is 0 Å². The maximum absolute atomic E-state index is 5.79. The van der Waals surface area contributed by atoms with E-state index in [1.807, 2.05) is 12.1 Å². The van der Waals surface area contributed by atoms with Crippen molar-refractivity contribution in [2.24, 2.45) is 0 Å². The van der Waals surface area contributed by atoms with Crippen molar-refractivity contribution in [3.63, 3.8) is 0 Å². The Hall–Kier alpha value is 0.470. The van der Waals surface area contributed by atoms with Gasteiger partial charge in [-0.1, -0.05) is 55.6 Å². The van der Waals surface area contributed by atoms with Gasteiger partial charge in [0.25, 0.3) is 0 Å². The molecule has 0 nitrogen and oxygen atoms in total. The maximum Gasteiger partial charge on any atom is 0.0406 e. The molecule has 1 unspecified atom stereocenters. The van der Waals surface area contributed by atoms with Gasteiger partial charge in [-0.25, -0.2) is 0 Å². The zero-order valence-corrected chi connectivity index (χ0v) is 11.1. The summed E-state index contributed by atoms with van der Waals surface area (Å²) in [6.45, 7) is 0. The van der Waals surface area contributed by atoms with Gasteiger partial charge in [0.1, 0.15) is 0 Å². The molecule has 0 aliphatic heterocycles. The molecule has 0 spiro atoms. The van der Waals surface area contributed by atoms with Gasteiger partial charge in [0, 0.05) is 15.2 Å². The third-order valence-corrected chi connectivity index (χ3v) is 3.28. The minimum Gasteiger partial charge on any atom is -0.0928 e. The van der Waals surface area contributed by atoms with E-state index in [2.05, 4.69) is 44.0 Å². The number of hydrogen-bond acceptors (Lipinski definition) is 0. The van der Waals surface area contributed by atoms with Crippen LogP contribution in [0.5, 0.6) is 0 Å². The Kier molecular flexibility index (Phi) is 5.37. The maximum atomic E-state index is 5.79. The molecule has 0 aliphatic carbocycles. The Morgan fingerprint density at radius 3 is 2.38 bits per heavy atom. The molecular formula is C10H11Br2Cl. The molecule has 0 saturated heterocycles. The summed E-state index contributed by atoms with van der Waals surface area (Å²) >= 11 is 12.8. The summed E-state index contributed by atoms with van der Waals surface area (Å²) in [7, 11) is 0. The fourth-order valence-corrected chi connectivity index (χ4v) is 2.99. The highest BCUT2D eigenvalue weighted by Crippen LogP contribution is 2.16. The summed E-state index contributed by atoms with van der Waals surface area (Å²) < 4.78 is 0. The van der Waals surface area contributed by atoms with Crippen molar-refractivity contribution in [2.75, 3.05) is 5.33 Å². The van der Waals surface area contributed by atoms with Crippen LogP contribution >= 0.6 is 43.5 Å². The van der Waals surface area contributed by atoms with Crippen molar-refractivity contribution in [3.05, 3.63) is 34.9 Å². The lowest BCUT2D eigenvalue weighted by Gasteiger charge is -2.07. The third-order valence-electron chi connectivity index (χ3n) is 1.79. The monoisotopic (exact) mass is 324 g/mol. The van der Waals surface area contributed by atoms with E-state index in [9.17, 15) is 0 Å². The average molecular weight is 326 g/mol. The molecule has 0 amide bonds. The Balaban J connectivity index is 2.49. The largest absolute Gasteiger partial charge is 0.0928 e. The Morgan fingerprint density at radius 2 is 1.85 bits per heavy atom. The van der Waals surface area contributed by atoms with Crippen LogP contribution in [-0.2, 0) is 6.42 Å².